The molecule has 1 aliphatic heterocycles. The van der Waals surface area contributed by atoms with E-state index in [1.807, 2.05) is 6.07 Å². The molecule has 3 aromatic rings. The highest BCUT2D eigenvalue weighted by Crippen LogP contribution is 2.22. The number of nitrogens with one attached hydrogen (secondary N) is 1. The lowest BCUT2D eigenvalue weighted by Gasteiger charge is -2.29. The first-order valence-electron chi connectivity index (χ1n) is 11.8. The van der Waals surface area contributed by atoms with Gasteiger partial charge in [0.05, 0.1) is 0 Å². The van der Waals surface area contributed by atoms with Crippen LogP contribution in [0.15, 0.2) is 78.9 Å². The fourth-order valence-corrected chi connectivity index (χ4v) is 4.08. The van der Waals surface area contributed by atoms with E-state index in [9.17, 15) is 14.4 Å². The summed E-state index contributed by atoms with van der Waals surface area (Å²) in [4.78, 5) is 35.1. The quantitative estimate of drug-likeness (QED) is 0.397. The van der Waals surface area contributed by atoms with Crippen molar-refractivity contribution in [2.45, 2.75) is 25.7 Å². The Morgan fingerprint density at radius 1 is 0.889 bits per heavy atom. The van der Waals surface area contributed by atoms with Gasteiger partial charge in [0.1, 0.15) is 0 Å². The van der Waals surface area contributed by atoms with Gasteiger partial charge in [-0.1, -0.05) is 41.9 Å². The van der Waals surface area contributed by atoms with Gasteiger partial charge >= 0.3 is 6.09 Å². The number of likely N-dealkylation sites (tertiary alicyclic amines) is 1. The average Bonchev–Trinajstić information content (AvgIpc) is 2.89. The lowest BCUT2D eigenvalue weighted by Crippen LogP contribution is -2.37. The van der Waals surface area contributed by atoms with Crippen LogP contribution in [0, 0.1) is 5.92 Å². The van der Waals surface area contributed by atoms with Gasteiger partial charge in [-0.05, 0) is 85.7 Å². The van der Waals surface area contributed by atoms with E-state index in [1.165, 1.54) is 16.9 Å². The smallest absolute Gasteiger partial charge is 0.407 e. The Labute approximate surface area is 215 Å². The summed E-state index contributed by atoms with van der Waals surface area (Å²) in [6.07, 6.45) is 3.54. The van der Waals surface area contributed by atoms with Crippen LogP contribution in [0.5, 0.6) is 0 Å². The number of rotatable bonds is 6. The standard InChI is InChI=1S/C14H11ClN2O2.C14H19NO2/c15-11-5-1-10(2-6-11)14(19)17-12-7-3-9(4-8-12)13(16)18;16-14(17)15-10-8-13(9-11-15)7-6-12-4-2-1-3-5-12/h1-8H,(H2,16,18)(H,17,19);1-5,13H,6-11H2,(H,16,17). The summed E-state index contributed by atoms with van der Waals surface area (Å²) in [7, 11) is 0. The molecule has 4 rings (SSSR count). The summed E-state index contributed by atoms with van der Waals surface area (Å²) >= 11 is 5.75. The predicted octanol–water partition coefficient (Wildman–Crippen LogP) is 5.70. The van der Waals surface area contributed by atoms with Crippen molar-refractivity contribution in [3.63, 3.8) is 0 Å². The number of benzene rings is 3. The van der Waals surface area contributed by atoms with Crippen LogP contribution in [0.3, 0.4) is 0 Å². The number of hydrogen-bond acceptors (Lipinski definition) is 3. The third kappa shape index (κ3) is 8.43. The molecule has 36 heavy (non-hydrogen) atoms. The van der Waals surface area contributed by atoms with Crippen molar-refractivity contribution < 1.29 is 19.5 Å². The maximum Gasteiger partial charge on any atom is 0.407 e. The van der Waals surface area contributed by atoms with E-state index in [4.69, 9.17) is 22.4 Å². The van der Waals surface area contributed by atoms with Gasteiger partial charge in [-0.2, -0.15) is 0 Å². The van der Waals surface area contributed by atoms with Gasteiger partial charge in [-0.15, -0.1) is 0 Å². The minimum atomic E-state index is -0.772. The Hall–Kier alpha value is -3.84. The summed E-state index contributed by atoms with van der Waals surface area (Å²) in [5, 5.41) is 12.1. The first-order valence-corrected chi connectivity index (χ1v) is 12.2. The van der Waals surface area contributed by atoms with Gasteiger partial charge < -0.3 is 21.1 Å². The molecule has 3 aromatic carbocycles. The molecule has 4 N–H and O–H groups in total. The molecule has 1 aliphatic rings. The van der Waals surface area contributed by atoms with E-state index in [2.05, 4.69) is 29.6 Å². The minimum Gasteiger partial charge on any atom is -0.465 e. The van der Waals surface area contributed by atoms with E-state index in [0.29, 0.717) is 40.8 Å². The van der Waals surface area contributed by atoms with Crippen LogP contribution >= 0.6 is 11.6 Å². The average molecular weight is 508 g/mol. The zero-order valence-corrected chi connectivity index (χ0v) is 20.7. The van der Waals surface area contributed by atoms with E-state index in [0.717, 1.165) is 19.3 Å². The second-order valence-corrected chi connectivity index (χ2v) is 9.08. The molecule has 3 amide bonds. The lowest BCUT2D eigenvalue weighted by atomic mass is 9.91. The maximum atomic E-state index is 11.9. The van der Waals surface area contributed by atoms with E-state index in [-0.39, 0.29) is 5.91 Å². The number of nitrogens with zero attached hydrogens (tertiary/aromatic N) is 1. The molecule has 0 aliphatic carbocycles. The third-order valence-electron chi connectivity index (χ3n) is 6.10. The monoisotopic (exact) mass is 507 g/mol. The van der Waals surface area contributed by atoms with Crippen LogP contribution in [0.1, 0.15) is 45.5 Å². The first kappa shape index (κ1) is 26.8. The van der Waals surface area contributed by atoms with Gasteiger partial charge in [0.15, 0.2) is 0 Å². The first-order chi connectivity index (χ1) is 17.3. The molecule has 0 radical (unpaired) electrons. The van der Waals surface area contributed by atoms with Gasteiger partial charge in [0.25, 0.3) is 5.91 Å². The summed E-state index contributed by atoms with van der Waals surface area (Å²) in [5.41, 5.74) is 8.00. The van der Waals surface area contributed by atoms with E-state index < -0.39 is 12.0 Å². The van der Waals surface area contributed by atoms with Crippen molar-refractivity contribution in [1.29, 1.82) is 0 Å². The molecule has 0 unspecified atom stereocenters. The Morgan fingerprint density at radius 3 is 2.03 bits per heavy atom. The number of carbonyl (C=O) groups excluding carboxylic acids is 2. The fraction of sp³-hybridized carbons (Fsp3) is 0.250. The molecule has 0 spiro atoms. The fourth-order valence-electron chi connectivity index (χ4n) is 3.95. The molecular weight excluding hydrogens is 478 g/mol. The number of carboxylic acid groups (broad SMARTS) is 1. The zero-order chi connectivity index (χ0) is 25.9. The van der Waals surface area contributed by atoms with Crippen molar-refractivity contribution in [1.82, 2.24) is 4.90 Å². The number of carbonyl (C=O) groups is 3. The molecular formula is C28H30ClN3O4. The third-order valence-corrected chi connectivity index (χ3v) is 6.35. The SMILES string of the molecule is NC(=O)c1ccc(NC(=O)c2ccc(Cl)cc2)cc1.O=C(O)N1CCC(CCc2ccccc2)CC1. The molecule has 1 saturated heterocycles. The number of aryl methyl sites for hydroxylation is 1. The molecule has 8 heteroatoms. The number of nitrogens with two attached hydrogens (primary N) is 1. The number of hydrogen-bond donors (Lipinski definition) is 3. The number of amides is 3. The van der Waals surface area contributed by atoms with Crippen LogP contribution in [0.2, 0.25) is 5.02 Å². The Morgan fingerprint density at radius 2 is 1.47 bits per heavy atom. The van der Waals surface area contributed by atoms with Crippen molar-refractivity contribution in [3.05, 3.63) is 101 Å². The normalized spacial score (nSPS) is 13.3. The van der Waals surface area contributed by atoms with Crippen molar-refractivity contribution in [3.8, 4) is 0 Å². The Balaban J connectivity index is 0.000000202. The highest BCUT2D eigenvalue weighted by molar-refractivity contribution is 6.30. The molecule has 0 saturated carbocycles. The van der Waals surface area contributed by atoms with Crippen molar-refractivity contribution in [2.75, 3.05) is 18.4 Å². The molecule has 1 fully saturated rings. The second kappa shape index (κ2) is 13.3. The Bertz CT molecular complexity index is 1140. The summed E-state index contributed by atoms with van der Waals surface area (Å²) < 4.78 is 0. The summed E-state index contributed by atoms with van der Waals surface area (Å²) in [6.45, 7) is 1.41. The number of primary amides is 1. The van der Waals surface area contributed by atoms with Crippen LogP contribution in [0.4, 0.5) is 10.5 Å². The number of piperidine rings is 1. The van der Waals surface area contributed by atoms with Crippen LogP contribution in [0.25, 0.3) is 0 Å². The molecule has 0 aromatic heterocycles. The van der Waals surface area contributed by atoms with Crippen LogP contribution in [-0.4, -0.2) is 41.0 Å². The minimum absolute atomic E-state index is 0.247. The van der Waals surface area contributed by atoms with Gasteiger partial charge in [-0.25, -0.2) is 4.79 Å². The van der Waals surface area contributed by atoms with Crippen LogP contribution < -0.4 is 11.1 Å². The van der Waals surface area contributed by atoms with Crippen molar-refractivity contribution in [2.24, 2.45) is 11.7 Å². The van der Waals surface area contributed by atoms with E-state index in [1.54, 1.807) is 48.5 Å². The largest absolute Gasteiger partial charge is 0.465 e. The number of halogens is 1. The maximum absolute atomic E-state index is 11.9. The highest BCUT2D eigenvalue weighted by Gasteiger charge is 2.21. The summed E-state index contributed by atoms with van der Waals surface area (Å²) in [6, 6.07) is 23.4. The molecule has 7 nitrogen and oxygen atoms in total. The Kier molecular flexibility index (Phi) is 9.89. The van der Waals surface area contributed by atoms with Gasteiger partial charge in [0, 0.05) is 34.9 Å². The van der Waals surface area contributed by atoms with Gasteiger partial charge in [0.2, 0.25) is 5.91 Å². The second-order valence-electron chi connectivity index (χ2n) is 8.64. The van der Waals surface area contributed by atoms with Crippen molar-refractivity contribution >= 4 is 35.2 Å². The van der Waals surface area contributed by atoms with Crippen LogP contribution in [-0.2, 0) is 6.42 Å². The predicted molar refractivity (Wildman–Crippen MR) is 141 cm³/mol. The van der Waals surface area contributed by atoms with E-state index >= 15 is 0 Å². The topological polar surface area (TPSA) is 113 Å². The molecule has 1 heterocycles. The molecule has 0 bridgehead atoms. The molecule has 188 valence electrons. The number of anilines is 1. The summed E-state index contributed by atoms with van der Waals surface area (Å²) in [5.74, 6) is -0.0649. The lowest BCUT2D eigenvalue weighted by molar-refractivity contribution is 0.0998. The van der Waals surface area contributed by atoms with Gasteiger partial charge in [-0.3, -0.25) is 9.59 Å². The highest BCUT2D eigenvalue weighted by atomic mass is 35.5. The zero-order valence-electron chi connectivity index (χ0n) is 19.9. The molecule has 0 atom stereocenters.